The number of nitrogens with one attached hydrogen (secondary N) is 3. The second-order valence-corrected chi connectivity index (χ2v) is 9.67. The van der Waals surface area contributed by atoms with Gasteiger partial charge >= 0.3 is 6.18 Å². The van der Waals surface area contributed by atoms with Crippen LogP contribution < -0.4 is 16.1 Å². The third-order valence-electron chi connectivity index (χ3n) is 6.71. The van der Waals surface area contributed by atoms with E-state index in [2.05, 4.69) is 25.7 Å². The number of hydrazine groups is 1. The molecular weight excluding hydrogens is 502 g/mol. The molecule has 1 saturated heterocycles. The summed E-state index contributed by atoms with van der Waals surface area (Å²) in [4.78, 5) is 49.8. The average molecular weight is 524 g/mol. The third kappa shape index (κ3) is 5.36. The molecule has 4 amide bonds. The summed E-state index contributed by atoms with van der Waals surface area (Å²) in [6, 6.07) is -0.878. The highest BCUT2D eigenvalue weighted by Crippen LogP contribution is 2.66. The van der Waals surface area contributed by atoms with Gasteiger partial charge in [-0.1, -0.05) is 16.8 Å². The van der Waals surface area contributed by atoms with Gasteiger partial charge in [-0.15, -0.1) is 0 Å². The third-order valence-corrected chi connectivity index (χ3v) is 6.90. The van der Waals surface area contributed by atoms with Crippen LogP contribution >= 0.6 is 11.6 Å². The maximum Gasteiger partial charge on any atom is 0.452 e. The molecule has 4 fully saturated rings. The van der Waals surface area contributed by atoms with Crippen molar-refractivity contribution < 1.29 is 41.3 Å². The van der Waals surface area contributed by atoms with Crippen LogP contribution in [-0.2, 0) is 20.6 Å². The molecule has 1 aromatic rings. The standard InChI is InChI=1S/C20H22ClF4N5O5/c21-14(22)18(34)30(8-10-1-2-26-15(10)31)28-17(33)12(7-19-4-9(5-19)6-19)27-16(32)11-3-13(35-29-11)20(23,24)25/h3,9-10,12,14H,1-2,4-8H2,(H,26,31)(H,27,32)(H,28,33). The van der Waals surface area contributed by atoms with Crippen molar-refractivity contribution in [1.82, 2.24) is 26.2 Å². The summed E-state index contributed by atoms with van der Waals surface area (Å²) in [6.45, 7) is -0.00491. The molecule has 10 nitrogen and oxygen atoms in total. The first-order chi connectivity index (χ1) is 16.4. The minimum absolute atomic E-state index is 0.150. The van der Waals surface area contributed by atoms with Crippen molar-refractivity contribution in [2.45, 2.75) is 50.0 Å². The van der Waals surface area contributed by atoms with E-state index in [9.17, 15) is 36.7 Å². The Labute approximate surface area is 201 Å². The highest BCUT2D eigenvalue weighted by Gasteiger charge is 2.57. The lowest BCUT2D eigenvalue weighted by Crippen LogP contribution is -2.60. The van der Waals surface area contributed by atoms with E-state index in [-0.39, 0.29) is 24.3 Å². The Morgan fingerprint density at radius 1 is 1.31 bits per heavy atom. The number of halogens is 5. The van der Waals surface area contributed by atoms with Crippen LogP contribution in [0.5, 0.6) is 0 Å². The van der Waals surface area contributed by atoms with Crippen molar-refractivity contribution in [3.8, 4) is 0 Å². The van der Waals surface area contributed by atoms with Crippen LogP contribution in [-0.4, -0.2) is 58.6 Å². The predicted molar refractivity (Wildman–Crippen MR) is 109 cm³/mol. The fourth-order valence-electron chi connectivity index (χ4n) is 4.86. The fourth-order valence-corrected chi connectivity index (χ4v) is 4.97. The molecule has 5 rings (SSSR count). The fraction of sp³-hybridized carbons (Fsp3) is 0.650. The highest BCUT2D eigenvalue weighted by molar-refractivity contribution is 6.29. The van der Waals surface area contributed by atoms with E-state index in [0.717, 1.165) is 19.3 Å². The van der Waals surface area contributed by atoms with Gasteiger partial charge in [0.05, 0.1) is 12.5 Å². The van der Waals surface area contributed by atoms with Gasteiger partial charge in [-0.2, -0.15) is 13.2 Å². The van der Waals surface area contributed by atoms with Gasteiger partial charge in [0.25, 0.3) is 23.4 Å². The van der Waals surface area contributed by atoms with Gasteiger partial charge in [0.1, 0.15) is 6.04 Å². The Balaban J connectivity index is 1.48. The van der Waals surface area contributed by atoms with Gasteiger partial charge in [-0.25, -0.2) is 9.40 Å². The first-order valence-electron chi connectivity index (χ1n) is 10.9. The van der Waals surface area contributed by atoms with Crippen molar-refractivity contribution in [2.75, 3.05) is 13.1 Å². The monoisotopic (exact) mass is 523 g/mol. The Kier molecular flexibility index (Phi) is 6.68. The maximum atomic E-state index is 13.6. The van der Waals surface area contributed by atoms with Gasteiger partial charge in [0, 0.05) is 12.6 Å². The molecule has 1 aliphatic heterocycles. The number of hydrogen-bond donors (Lipinski definition) is 3. The Morgan fingerprint density at radius 3 is 2.49 bits per heavy atom. The largest absolute Gasteiger partial charge is 0.452 e. The number of rotatable bonds is 8. The van der Waals surface area contributed by atoms with E-state index in [4.69, 9.17) is 11.6 Å². The molecular formula is C20H22ClF4N5O5. The van der Waals surface area contributed by atoms with Gasteiger partial charge in [-0.05, 0) is 43.4 Å². The van der Waals surface area contributed by atoms with E-state index in [0.29, 0.717) is 30.0 Å². The van der Waals surface area contributed by atoms with E-state index in [1.54, 1.807) is 0 Å². The van der Waals surface area contributed by atoms with Crippen molar-refractivity contribution in [1.29, 1.82) is 0 Å². The zero-order valence-corrected chi connectivity index (χ0v) is 18.9. The molecule has 2 bridgehead atoms. The first kappa shape index (κ1) is 25.2. The molecule has 0 spiro atoms. The second-order valence-electron chi connectivity index (χ2n) is 9.28. The second kappa shape index (κ2) is 9.28. The molecule has 4 aliphatic rings. The lowest BCUT2D eigenvalue weighted by molar-refractivity contribution is -0.155. The van der Waals surface area contributed by atoms with Crippen molar-refractivity contribution in [3.63, 3.8) is 0 Å². The van der Waals surface area contributed by atoms with E-state index in [1.807, 2.05) is 0 Å². The van der Waals surface area contributed by atoms with Gasteiger partial charge in [0.2, 0.25) is 11.7 Å². The van der Waals surface area contributed by atoms with E-state index < -0.39 is 52.9 Å². The van der Waals surface area contributed by atoms with Gasteiger partial charge < -0.3 is 15.2 Å². The number of nitrogens with zero attached hydrogens (tertiary/aromatic N) is 2. The number of carbonyl (C=O) groups excluding carboxylic acids is 4. The molecule has 15 heteroatoms. The molecule has 3 saturated carbocycles. The molecule has 3 N–H and O–H groups in total. The summed E-state index contributed by atoms with van der Waals surface area (Å²) in [6.07, 6.45) is -1.88. The number of aromatic nitrogens is 1. The van der Waals surface area contributed by atoms with Gasteiger partial charge in [-0.3, -0.25) is 24.6 Å². The lowest BCUT2D eigenvalue weighted by atomic mass is 9.43. The van der Waals surface area contributed by atoms with Crippen molar-refractivity contribution in [3.05, 3.63) is 17.5 Å². The minimum Gasteiger partial charge on any atom is -0.356 e. The zero-order valence-electron chi connectivity index (χ0n) is 18.2. The highest BCUT2D eigenvalue weighted by atomic mass is 35.5. The van der Waals surface area contributed by atoms with Crippen LogP contribution in [0.3, 0.4) is 0 Å². The molecule has 1 aromatic heterocycles. The summed E-state index contributed by atoms with van der Waals surface area (Å²) >= 11 is 5.27. The van der Waals surface area contributed by atoms with Crippen LogP contribution in [0.15, 0.2) is 10.6 Å². The quantitative estimate of drug-likeness (QED) is 0.269. The Bertz CT molecular complexity index is 1010. The average Bonchev–Trinajstić information content (AvgIpc) is 3.37. The maximum absolute atomic E-state index is 13.6. The zero-order chi connectivity index (χ0) is 25.5. The molecule has 3 atom stereocenters. The summed E-state index contributed by atoms with van der Waals surface area (Å²) in [7, 11) is 0. The van der Waals surface area contributed by atoms with Crippen LogP contribution in [0.1, 0.15) is 48.4 Å². The summed E-state index contributed by atoms with van der Waals surface area (Å²) in [5.41, 5.74) is -1.18. The molecule has 2 heterocycles. The smallest absolute Gasteiger partial charge is 0.356 e. The van der Waals surface area contributed by atoms with E-state index in [1.165, 1.54) is 0 Å². The van der Waals surface area contributed by atoms with Crippen molar-refractivity contribution in [2.24, 2.45) is 17.3 Å². The predicted octanol–water partition coefficient (Wildman–Crippen LogP) is 1.51. The van der Waals surface area contributed by atoms with Crippen LogP contribution in [0, 0.1) is 17.3 Å². The number of amides is 4. The Morgan fingerprint density at radius 2 is 2.00 bits per heavy atom. The number of carbonyl (C=O) groups is 4. The normalized spacial score (nSPS) is 26.6. The van der Waals surface area contributed by atoms with Crippen LogP contribution in [0.4, 0.5) is 17.6 Å². The number of alkyl halides is 5. The molecule has 0 radical (unpaired) electrons. The van der Waals surface area contributed by atoms with Crippen molar-refractivity contribution >= 4 is 35.2 Å². The molecule has 192 valence electrons. The van der Waals surface area contributed by atoms with Crippen LogP contribution in [0.25, 0.3) is 0 Å². The summed E-state index contributed by atoms with van der Waals surface area (Å²) in [5, 5.41) is 8.60. The molecule has 3 unspecified atom stereocenters. The molecule has 35 heavy (non-hydrogen) atoms. The topological polar surface area (TPSA) is 134 Å². The van der Waals surface area contributed by atoms with E-state index >= 15 is 0 Å². The van der Waals surface area contributed by atoms with Gasteiger partial charge in [0.15, 0.2) is 5.69 Å². The SMILES string of the molecule is O=C(NC(CC12CC(C1)C2)C(=O)NN(CC1CCNC1=O)C(=O)C(F)Cl)c1cc(C(F)(F)F)on1. The summed E-state index contributed by atoms with van der Waals surface area (Å²) in [5.74, 6) is -5.35. The minimum atomic E-state index is -4.86. The summed E-state index contributed by atoms with van der Waals surface area (Å²) < 4.78 is 56.1. The molecule has 3 aliphatic carbocycles. The lowest BCUT2D eigenvalue weighted by Gasteiger charge is -2.63. The first-order valence-corrected chi connectivity index (χ1v) is 11.3. The Hall–Kier alpha value is -2.90. The molecule has 0 aromatic carbocycles. The van der Waals surface area contributed by atoms with Crippen LogP contribution in [0.2, 0.25) is 0 Å². The number of hydrogen-bond acceptors (Lipinski definition) is 6.